The molecular formula is C28H26F5N5O4. The van der Waals surface area contributed by atoms with E-state index < -0.39 is 41.8 Å². The molecule has 2 aromatic carbocycles. The fourth-order valence-corrected chi connectivity index (χ4v) is 4.56. The third kappa shape index (κ3) is 7.78. The minimum Gasteiger partial charge on any atom is -0.480 e. The van der Waals surface area contributed by atoms with Crippen molar-refractivity contribution >= 4 is 23.2 Å². The quantitative estimate of drug-likeness (QED) is 0.298. The minimum absolute atomic E-state index is 0.0719. The highest BCUT2D eigenvalue weighted by Gasteiger charge is 2.26. The van der Waals surface area contributed by atoms with Gasteiger partial charge >= 0.3 is 12.6 Å². The van der Waals surface area contributed by atoms with Crippen LogP contribution in [0.3, 0.4) is 0 Å². The molecular weight excluding hydrogens is 565 g/mol. The SMILES string of the molecule is FC(F)F.O=C(NC(Cc1cccc(Cc2cccc3ncnn23)c1)C(=O)O)c1c(F)cc(N2CCOCC2)cc1F. The molecule has 1 unspecified atom stereocenters. The average Bonchev–Trinajstić information content (AvgIpc) is 3.43. The van der Waals surface area contributed by atoms with E-state index in [-0.39, 0.29) is 6.42 Å². The fourth-order valence-electron chi connectivity index (χ4n) is 4.56. The summed E-state index contributed by atoms with van der Waals surface area (Å²) < 4.78 is 65.6. The van der Waals surface area contributed by atoms with Gasteiger partial charge in [-0.05, 0) is 35.4 Å². The number of aromatic nitrogens is 3. The maximum Gasteiger partial charge on any atom is 0.379 e. The van der Waals surface area contributed by atoms with Crippen LogP contribution in [0.15, 0.2) is 60.9 Å². The number of pyridine rings is 1. The molecule has 1 saturated heterocycles. The zero-order valence-electron chi connectivity index (χ0n) is 22.0. The van der Waals surface area contributed by atoms with E-state index in [1.165, 1.54) is 6.33 Å². The number of carboxylic acids is 1. The first-order valence-electron chi connectivity index (χ1n) is 12.8. The van der Waals surface area contributed by atoms with E-state index in [0.29, 0.717) is 49.6 Å². The molecule has 0 saturated carbocycles. The van der Waals surface area contributed by atoms with Gasteiger partial charge in [0.2, 0.25) is 0 Å². The first-order chi connectivity index (χ1) is 20.1. The van der Waals surface area contributed by atoms with E-state index in [9.17, 15) is 36.6 Å². The van der Waals surface area contributed by atoms with Crippen LogP contribution in [0, 0.1) is 11.6 Å². The van der Waals surface area contributed by atoms with Crippen molar-refractivity contribution in [3.05, 3.63) is 94.9 Å². The van der Waals surface area contributed by atoms with Crippen molar-refractivity contribution in [2.24, 2.45) is 0 Å². The van der Waals surface area contributed by atoms with Crippen molar-refractivity contribution in [3.63, 3.8) is 0 Å². The summed E-state index contributed by atoms with van der Waals surface area (Å²) in [6, 6.07) is 13.7. The fraction of sp³-hybridized carbons (Fsp3) is 0.286. The van der Waals surface area contributed by atoms with Crippen molar-refractivity contribution < 1.29 is 41.4 Å². The average molecular weight is 592 g/mol. The number of amides is 1. The molecule has 2 N–H and O–H groups in total. The molecule has 1 atom stereocenters. The summed E-state index contributed by atoms with van der Waals surface area (Å²) >= 11 is 0. The van der Waals surface area contributed by atoms with Gasteiger partial charge in [0.05, 0.1) is 13.2 Å². The summed E-state index contributed by atoms with van der Waals surface area (Å²) in [6.07, 6.45) is 1.92. The molecule has 9 nitrogen and oxygen atoms in total. The molecule has 3 heterocycles. The van der Waals surface area contributed by atoms with Crippen molar-refractivity contribution in [1.82, 2.24) is 19.9 Å². The number of anilines is 1. The molecule has 5 rings (SSSR count). The van der Waals surface area contributed by atoms with Crippen LogP contribution in [0.5, 0.6) is 0 Å². The number of ether oxygens (including phenoxy) is 1. The lowest BCUT2D eigenvalue weighted by atomic mass is 10.0. The zero-order valence-corrected chi connectivity index (χ0v) is 22.0. The second-order valence-electron chi connectivity index (χ2n) is 9.24. The molecule has 2 aromatic heterocycles. The highest BCUT2D eigenvalue weighted by atomic mass is 19.4. The summed E-state index contributed by atoms with van der Waals surface area (Å²) in [7, 11) is 0. The van der Waals surface area contributed by atoms with Crippen LogP contribution in [0.2, 0.25) is 0 Å². The number of nitrogens with one attached hydrogen (secondary N) is 1. The topological polar surface area (TPSA) is 109 Å². The molecule has 222 valence electrons. The summed E-state index contributed by atoms with van der Waals surface area (Å²) in [4.78, 5) is 30.7. The number of benzene rings is 2. The second-order valence-corrected chi connectivity index (χ2v) is 9.24. The number of alkyl halides is 3. The predicted molar refractivity (Wildman–Crippen MR) is 141 cm³/mol. The van der Waals surface area contributed by atoms with Crippen molar-refractivity contribution in [1.29, 1.82) is 0 Å². The number of hydrogen-bond acceptors (Lipinski definition) is 6. The Balaban J connectivity index is 0.000000952. The largest absolute Gasteiger partial charge is 0.480 e. The van der Waals surface area contributed by atoms with Crippen LogP contribution in [0.1, 0.15) is 27.2 Å². The van der Waals surface area contributed by atoms with Gasteiger partial charge < -0.3 is 20.1 Å². The van der Waals surface area contributed by atoms with E-state index >= 15 is 0 Å². The van der Waals surface area contributed by atoms with Gasteiger partial charge in [0.1, 0.15) is 29.6 Å². The minimum atomic E-state index is -3.67. The number of hydrogen-bond donors (Lipinski definition) is 2. The Morgan fingerprint density at radius 1 is 0.976 bits per heavy atom. The molecule has 0 radical (unpaired) electrons. The van der Waals surface area contributed by atoms with Crippen LogP contribution in [0.25, 0.3) is 5.65 Å². The van der Waals surface area contributed by atoms with Crippen LogP contribution < -0.4 is 10.2 Å². The van der Waals surface area contributed by atoms with Gasteiger partial charge in [-0.15, -0.1) is 0 Å². The standard InChI is InChI=1S/C27H25F2N5O4.CHF3/c28-21-14-20(33-7-9-38-10-8-33)15-22(29)25(21)26(35)32-23(27(36)37)13-18-4-1-3-17(11-18)12-19-5-2-6-24-30-16-31-34(19)24;2-1(3)4/h1-6,11,14-16,23H,7-10,12-13H2,(H,32,35)(H,36,37);1H. The van der Waals surface area contributed by atoms with Gasteiger partial charge in [0, 0.05) is 37.3 Å². The zero-order chi connectivity index (χ0) is 30.2. The Morgan fingerprint density at radius 2 is 1.62 bits per heavy atom. The van der Waals surface area contributed by atoms with Crippen LogP contribution in [-0.4, -0.2) is 70.6 Å². The Hall–Kier alpha value is -4.59. The molecule has 1 aliphatic rings. The van der Waals surface area contributed by atoms with E-state index in [4.69, 9.17) is 4.74 Å². The number of carbonyl (C=O) groups is 2. The Morgan fingerprint density at radius 3 is 2.29 bits per heavy atom. The highest BCUT2D eigenvalue weighted by Crippen LogP contribution is 2.23. The number of halogens is 5. The number of morpholine rings is 1. The number of fused-ring (bicyclic) bond motifs is 1. The van der Waals surface area contributed by atoms with E-state index in [1.807, 2.05) is 30.3 Å². The monoisotopic (exact) mass is 591 g/mol. The van der Waals surface area contributed by atoms with Gasteiger partial charge in [0.15, 0.2) is 5.65 Å². The smallest absolute Gasteiger partial charge is 0.379 e. The van der Waals surface area contributed by atoms with E-state index in [0.717, 1.165) is 23.4 Å². The number of carbonyl (C=O) groups excluding carboxylic acids is 1. The van der Waals surface area contributed by atoms with E-state index in [2.05, 4.69) is 15.4 Å². The Bertz CT molecular complexity index is 1520. The van der Waals surface area contributed by atoms with Crippen molar-refractivity contribution in [2.75, 3.05) is 31.2 Å². The van der Waals surface area contributed by atoms with Crippen molar-refractivity contribution in [2.45, 2.75) is 25.6 Å². The van der Waals surface area contributed by atoms with E-state index in [1.54, 1.807) is 21.5 Å². The summed E-state index contributed by atoms with van der Waals surface area (Å²) in [6.45, 7) is -1.86. The number of aliphatic carboxylic acids is 1. The first kappa shape index (κ1) is 30.4. The maximum atomic E-state index is 14.8. The van der Waals surface area contributed by atoms with Crippen LogP contribution in [-0.2, 0) is 22.4 Å². The lowest BCUT2D eigenvalue weighted by Crippen LogP contribution is -2.43. The lowest BCUT2D eigenvalue weighted by molar-refractivity contribution is -0.139. The molecule has 0 spiro atoms. The molecule has 1 fully saturated rings. The highest BCUT2D eigenvalue weighted by molar-refractivity contribution is 5.97. The summed E-state index contributed by atoms with van der Waals surface area (Å²) in [5.41, 5.74) is 2.63. The second kappa shape index (κ2) is 13.9. The molecule has 4 aromatic rings. The molecule has 1 aliphatic heterocycles. The third-order valence-electron chi connectivity index (χ3n) is 6.43. The summed E-state index contributed by atoms with van der Waals surface area (Å²) in [5.74, 6) is -4.56. The normalized spacial score (nSPS) is 13.9. The number of nitrogens with zero attached hydrogens (tertiary/aromatic N) is 4. The molecule has 0 aliphatic carbocycles. The van der Waals surface area contributed by atoms with Gasteiger partial charge in [-0.2, -0.15) is 18.3 Å². The number of carboxylic acid groups (broad SMARTS) is 1. The van der Waals surface area contributed by atoms with Crippen molar-refractivity contribution in [3.8, 4) is 0 Å². The van der Waals surface area contributed by atoms with Gasteiger partial charge in [0.25, 0.3) is 5.91 Å². The molecule has 14 heteroatoms. The van der Waals surface area contributed by atoms with Gasteiger partial charge in [-0.1, -0.05) is 30.3 Å². The van der Waals surface area contributed by atoms with Crippen LogP contribution in [0.4, 0.5) is 27.6 Å². The predicted octanol–water partition coefficient (Wildman–Crippen LogP) is 4.04. The number of rotatable bonds is 8. The Kier molecular flexibility index (Phi) is 10.0. The lowest BCUT2D eigenvalue weighted by Gasteiger charge is -2.29. The maximum absolute atomic E-state index is 14.8. The summed E-state index contributed by atoms with van der Waals surface area (Å²) in [5, 5.41) is 16.2. The molecule has 0 bridgehead atoms. The van der Waals surface area contributed by atoms with Gasteiger partial charge in [-0.25, -0.2) is 23.1 Å². The molecule has 42 heavy (non-hydrogen) atoms. The van der Waals surface area contributed by atoms with Gasteiger partial charge in [-0.3, -0.25) is 4.79 Å². The first-order valence-corrected chi connectivity index (χ1v) is 12.8. The Labute approximate surface area is 236 Å². The molecule has 1 amide bonds. The van der Waals surface area contributed by atoms with Crippen LogP contribution >= 0.6 is 0 Å². The third-order valence-corrected chi connectivity index (χ3v) is 6.43.